The smallest absolute Gasteiger partial charge is 0.305 e. The van der Waals surface area contributed by atoms with E-state index in [1.54, 1.807) is 0 Å². The van der Waals surface area contributed by atoms with Crippen molar-refractivity contribution in [3.8, 4) is 0 Å². The van der Waals surface area contributed by atoms with Crippen LogP contribution >= 0.6 is 12.4 Å². The number of nitrogens with zero attached hydrogens (tertiary/aromatic N) is 1. The highest BCUT2D eigenvalue weighted by molar-refractivity contribution is 5.85. The maximum Gasteiger partial charge on any atom is 0.305 e. The lowest BCUT2D eigenvalue weighted by atomic mass is 10.1. The molecule has 3 nitrogen and oxygen atoms in total. The third-order valence-corrected chi connectivity index (χ3v) is 2.86. The molecule has 0 aromatic heterocycles. The highest BCUT2D eigenvalue weighted by atomic mass is 35.5. The molecule has 0 atom stereocenters. The van der Waals surface area contributed by atoms with E-state index in [-0.39, 0.29) is 18.4 Å². The fraction of sp³-hybridized carbons (Fsp3) is 0.917. The number of halogens is 1. The van der Waals surface area contributed by atoms with E-state index in [1.807, 2.05) is 6.92 Å². The summed E-state index contributed by atoms with van der Waals surface area (Å²) in [7, 11) is 0. The van der Waals surface area contributed by atoms with E-state index in [9.17, 15) is 4.79 Å². The fourth-order valence-corrected chi connectivity index (χ4v) is 2.02. The molecule has 0 aromatic rings. The minimum atomic E-state index is -0.0452. The first-order valence-corrected chi connectivity index (χ1v) is 6.21. The maximum atomic E-state index is 11.1. The van der Waals surface area contributed by atoms with E-state index in [4.69, 9.17) is 4.74 Å². The number of rotatable bonds is 6. The Hall–Kier alpha value is -0.280. The SMILES string of the molecule is CCOC(=O)CCCCN1CCCCC1.Cl. The van der Waals surface area contributed by atoms with E-state index >= 15 is 0 Å². The first-order valence-electron chi connectivity index (χ1n) is 6.21. The van der Waals surface area contributed by atoms with Crippen molar-refractivity contribution in [2.24, 2.45) is 0 Å². The molecule has 96 valence electrons. The number of unbranched alkanes of at least 4 members (excludes halogenated alkanes) is 1. The molecule has 4 heteroatoms. The van der Waals surface area contributed by atoms with Gasteiger partial charge in [-0.15, -0.1) is 12.4 Å². The van der Waals surface area contributed by atoms with Crippen molar-refractivity contribution in [3.05, 3.63) is 0 Å². The first-order chi connectivity index (χ1) is 7.33. The molecular formula is C12H24ClNO2. The average Bonchev–Trinajstić information content (AvgIpc) is 2.26. The van der Waals surface area contributed by atoms with Crippen LogP contribution < -0.4 is 0 Å². The van der Waals surface area contributed by atoms with Crippen LogP contribution in [0.2, 0.25) is 0 Å². The molecule has 1 rings (SSSR count). The molecule has 0 aliphatic carbocycles. The summed E-state index contributed by atoms with van der Waals surface area (Å²) < 4.78 is 4.88. The number of carbonyl (C=O) groups is 1. The van der Waals surface area contributed by atoms with Crippen LogP contribution in [-0.4, -0.2) is 37.1 Å². The van der Waals surface area contributed by atoms with Gasteiger partial charge >= 0.3 is 5.97 Å². The van der Waals surface area contributed by atoms with Crippen molar-refractivity contribution < 1.29 is 9.53 Å². The minimum Gasteiger partial charge on any atom is -0.466 e. The van der Waals surface area contributed by atoms with Crippen LogP contribution in [0.25, 0.3) is 0 Å². The fourth-order valence-electron chi connectivity index (χ4n) is 2.02. The Labute approximate surface area is 105 Å². The highest BCUT2D eigenvalue weighted by Gasteiger charge is 2.09. The van der Waals surface area contributed by atoms with Gasteiger partial charge in [0.25, 0.3) is 0 Å². The van der Waals surface area contributed by atoms with Crippen molar-refractivity contribution in [3.63, 3.8) is 0 Å². The Bertz CT molecular complexity index is 182. The highest BCUT2D eigenvalue weighted by Crippen LogP contribution is 2.09. The molecule has 1 saturated heterocycles. The van der Waals surface area contributed by atoms with Gasteiger partial charge in [0.15, 0.2) is 0 Å². The molecular weight excluding hydrogens is 226 g/mol. The molecule has 16 heavy (non-hydrogen) atoms. The summed E-state index contributed by atoms with van der Waals surface area (Å²) in [6.45, 7) is 6.01. The number of ether oxygens (including phenoxy) is 1. The van der Waals surface area contributed by atoms with Crippen LogP contribution in [-0.2, 0) is 9.53 Å². The molecule has 0 spiro atoms. The second-order valence-electron chi connectivity index (χ2n) is 4.16. The van der Waals surface area contributed by atoms with Crippen molar-refractivity contribution >= 4 is 18.4 Å². The van der Waals surface area contributed by atoms with Crippen LogP contribution in [0, 0.1) is 0 Å². The summed E-state index contributed by atoms with van der Waals surface area (Å²) in [6.07, 6.45) is 6.75. The summed E-state index contributed by atoms with van der Waals surface area (Å²) in [5, 5.41) is 0. The van der Waals surface area contributed by atoms with Gasteiger partial charge in [-0.2, -0.15) is 0 Å². The Morgan fingerprint density at radius 3 is 2.50 bits per heavy atom. The molecule has 0 aromatic carbocycles. The van der Waals surface area contributed by atoms with Crippen LogP contribution in [0.4, 0.5) is 0 Å². The number of hydrogen-bond acceptors (Lipinski definition) is 3. The second-order valence-corrected chi connectivity index (χ2v) is 4.16. The lowest BCUT2D eigenvalue weighted by molar-refractivity contribution is -0.143. The normalized spacial score (nSPS) is 16.6. The molecule has 0 bridgehead atoms. The summed E-state index contributed by atoms with van der Waals surface area (Å²) in [5.74, 6) is -0.0452. The Kier molecular flexibility index (Phi) is 9.74. The molecule has 0 unspecified atom stereocenters. The molecule has 1 aliphatic rings. The zero-order valence-electron chi connectivity index (χ0n) is 10.2. The molecule has 1 fully saturated rings. The summed E-state index contributed by atoms with van der Waals surface area (Å²) in [4.78, 5) is 13.6. The van der Waals surface area contributed by atoms with Gasteiger partial charge in [0.05, 0.1) is 6.61 Å². The lowest BCUT2D eigenvalue weighted by Crippen LogP contribution is -2.30. The monoisotopic (exact) mass is 249 g/mol. The molecule has 0 saturated carbocycles. The van der Waals surface area contributed by atoms with Crippen molar-refractivity contribution in [1.29, 1.82) is 0 Å². The Morgan fingerprint density at radius 2 is 1.88 bits per heavy atom. The van der Waals surface area contributed by atoms with E-state index in [0.717, 1.165) is 19.4 Å². The zero-order chi connectivity index (χ0) is 10.9. The van der Waals surface area contributed by atoms with Gasteiger partial charge < -0.3 is 9.64 Å². The van der Waals surface area contributed by atoms with E-state index in [0.29, 0.717) is 13.0 Å². The number of hydrogen-bond donors (Lipinski definition) is 0. The van der Waals surface area contributed by atoms with Crippen LogP contribution in [0.15, 0.2) is 0 Å². The quantitative estimate of drug-likeness (QED) is 0.535. The first kappa shape index (κ1) is 15.7. The van der Waals surface area contributed by atoms with Crippen molar-refractivity contribution in [2.75, 3.05) is 26.2 Å². The lowest BCUT2D eigenvalue weighted by Gasteiger charge is -2.26. The number of esters is 1. The van der Waals surface area contributed by atoms with Crippen LogP contribution in [0.5, 0.6) is 0 Å². The average molecular weight is 250 g/mol. The minimum absolute atomic E-state index is 0. The Morgan fingerprint density at radius 1 is 1.19 bits per heavy atom. The topological polar surface area (TPSA) is 29.5 Å². The molecule has 1 aliphatic heterocycles. The predicted octanol–water partition coefficient (Wildman–Crippen LogP) is 2.63. The standard InChI is InChI=1S/C12H23NO2.ClH/c1-2-15-12(14)8-4-7-11-13-9-5-3-6-10-13;/h2-11H2,1H3;1H. The second kappa shape index (κ2) is 9.91. The zero-order valence-corrected chi connectivity index (χ0v) is 11.1. The largest absolute Gasteiger partial charge is 0.466 e. The van der Waals surface area contributed by atoms with E-state index in [1.165, 1.54) is 32.4 Å². The number of carbonyl (C=O) groups excluding carboxylic acids is 1. The van der Waals surface area contributed by atoms with Gasteiger partial charge in [0.1, 0.15) is 0 Å². The third kappa shape index (κ3) is 7.07. The van der Waals surface area contributed by atoms with E-state index < -0.39 is 0 Å². The number of piperidine rings is 1. The van der Waals surface area contributed by atoms with Gasteiger partial charge in [-0.25, -0.2) is 0 Å². The predicted molar refractivity (Wildman–Crippen MR) is 68.0 cm³/mol. The summed E-state index contributed by atoms with van der Waals surface area (Å²) in [6, 6.07) is 0. The van der Waals surface area contributed by atoms with Crippen molar-refractivity contribution in [1.82, 2.24) is 4.90 Å². The van der Waals surface area contributed by atoms with Crippen LogP contribution in [0.3, 0.4) is 0 Å². The van der Waals surface area contributed by atoms with Gasteiger partial charge in [-0.3, -0.25) is 4.79 Å². The van der Waals surface area contributed by atoms with E-state index in [2.05, 4.69) is 4.90 Å². The molecule has 1 heterocycles. The van der Waals surface area contributed by atoms with Gasteiger partial charge in [0, 0.05) is 6.42 Å². The van der Waals surface area contributed by atoms with Gasteiger partial charge in [-0.05, 0) is 52.2 Å². The van der Waals surface area contributed by atoms with Crippen LogP contribution in [0.1, 0.15) is 45.4 Å². The summed E-state index contributed by atoms with van der Waals surface area (Å²) in [5.41, 5.74) is 0. The third-order valence-electron chi connectivity index (χ3n) is 2.86. The molecule has 0 N–H and O–H groups in total. The Balaban J connectivity index is 0.00000225. The molecule has 0 radical (unpaired) electrons. The van der Waals surface area contributed by atoms with Gasteiger partial charge in [0.2, 0.25) is 0 Å². The summed E-state index contributed by atoms with van der Waals surface area (Å²) >= 11 is 0. The molecule has 0 amide bonds. The number of likely N-dealkylation sites (tertiary alicyclic amines) is 1. The maximum absolute atomic E-state index is 11.1. The van der Waals surface area contributed by atoms with Crippen molar-refractivity contribution in [2.45, 2.75) is 45.4 Å². The van der Waals surface area contributed by atoms with Gasteiger partial charge in [-0.1, -0.05) is 6.42 Å².